The van der Waals surface area contributed by atoms with Crippen molar-refractivity contribution in [2.75, 3.05) is 26.2 Å². The molecule has 152 valence electrons. The molecule has 2 aliphatic heterocycles. The fraction of sp³-hybridized carbons (Fsp3) is 0.833. The van der Waals surface area contributed by atoms with Crippen LogP contribution in [0.1, 0.15) is 77.0 Å². The molecule has 28 heavy (non-hydrogen) atoms. The fourth-order valence-corrected chi connectivity index (χ4v) is 8.42. The van der Waals surface area contributed by atoms with E-state index in [2.05, 4.69) is 34.3 Å². The van der Waals surface area contributed by atoms with Gasteiger partial charge in [-0.05, 0) is 51.4 Å². The summed E-state index contributed by atoms with van der Waals surface area (Å²) in [6, 6.07) is 0. The van der Waals surface area contributed by atoms with Crippen molar-refractivity contribution in [3.05, 3.63) is 24.3 Å². The quantitative estimate of drug-likeness (QED) is 0.455. The second-order valence-corrected chi connectivity index (χ2v) is 11.1. The monoisotopic (exact) mass is 380 g/mol. The molecule has 4 nitrogen and oxygen atoms in total. The van der Waals surface area contributed by atoms with E-state index < -0.39 is 0 Å². The van der Waals surface area contributed by atoms with Gasteiger partial charge in [0.05, 0.1) is 0 Å². The van der Waals surface area contributed by atoms with Crippen LogP contribution in [0.3, 0.4) is 0 Å². The first kappa shape index (κ1) is 17.5. The number of hydrogen-bond donors (Lipinski definition) is 0. The normalized spacial score (nSPS) is 47.1. The average Bonchev–Trinajstić information content (AvgIpc) is 3.25. The topological polar surface area (TPSA) is 31.2 Å². The van der Waals surface area contributed by atoms with Crippen molar-refractivity contribution >= 4 is 0 Å². The highest BCUT2D eigenvalue weighted by Gasteiger charge is 2.59. The minimum atomic E-state index is 0.479. The molecule has 4 aliphatic carbocycles. The molecule has 4 fully saturated rings. The van der Waals surface area contributed by atoms with E-state index >= 15 is 0 Å². The van der Waals surface area contributed by atoms with Crippen molar-refractivity contribution in [2.45, 2.75) is 77.0 Å². The Morgan fingerprint density at radius 2 is 0.750 bits per heavy atom. The van der Waals surface area contributed by atoms with Crippen molar-refractivity contribution in [3.8, 4) is 0 Å². The van der Waals surface area contributed by atoms with E-state index in [-0.39, 0.29) is 0 Å². The highest BCUT2D eigenvalue weighted by atomic mass is 15.7. The van der Waals surface area contributed by atoms with Crippen LogP contribution in [0, 0.1) is 21.7 Å². The maximum atomic E-state index is 4.89. The molecule has 0 bridgehead atoms. The number of hydrogen-bond acceptors (Lipinski definition) is 2. The molecule has 0 aromatic carbocycles. The maximum absolute atomic E-state index is 4.89. The summed E-state index contributed by atoms with van der Waals surface area (Å²) in [6.07, 6.45) is 26.1. The minimum absolute atomic E-state index is 0.479. The highest BCUT2D eigenvalue weighted by Crippen LogP contribution is 2.63. The lowest BCUT2D eigenvalue weighted by atomic mass is 9.53. The van der Waals surface area contributed by atoms with Crippen LogP contribution in [0.5, 0.6) is 0 Å². The summed E-state index contributed by atoms with van der Waals surface area (Å²) < 4.78 is 0. The molecular formula is C24H36N4. The lowest BCUT2D eigenvalue weighted by Gasteiger charge is -2.49. The molecule has 2 saturated heterocycles. The maximum Gasteiger partial charge on any atom is 0.0443 e. The molecular weight excluding hydrogens is 344 g/mol. The Morgan fingerprint density at radius 1 is 0.464 bits per heavy atom. The molecule has 0 unspecified atom stereocenters. The Morgan fingerprint density at radius 3 is 1.04 bits per heavy atom. The van der Waals surface area contributed by atoms with Crippen molar-refractivity contribution in [3.63, 3.8) is 0 Å². The molecule has 6 aliphatic rings. The molecule has 0 aromatic heterocycles. The summed E-state index contributed by atoms with van der Waals surface area (Å²) in [6.45, 7) is 4.53. The van der Waals surface area contributed by atoms with Gasteiger partial charge in [-0.1, -0.05) is 60.4 Å². The van der Waals surface area contributed by atoms with E-state index in [1.165, 1.54) is 77.0 Å². The van der Waals surface area contributed by atoms with E-state index in [4.69, 9.17) is 10.4 Å². The first-order chi connectivity index (χ1) is 13.7. The molecule has 2 heterocycles. The zero-order valence-electron chi connectivity index (χ0n) is 17.4. The van der Waals surface area contributed by atoms with Crippen molar-refractivity contribution < 1.29 is 0 Å². The van der Waals surface area contributed by atoms with Gasteiger partial charge in [0.1, 0.15) is 0 Å². The van der Waals surface area contributed by atoms with Crippen LogP contribution in [0.2, 0.25) is 0 Å². The standard InChI is InChI=1S/C24H36N4/c1-2-10-22-12-4-3-11-21(22,9-1)17-27(18-22)25-26-28-19-23-13-5-6-14-24(23,20-28)16-8-7-15-23/h1-2,5-6H,3-4,7-20H2/t21-,22-,23+,24+. The first-order valence-corrected chi connectivity index (χ1v) is 11.9. The van der Waals surface area contributed by atoms with Crippen LogP contribution in [-0.4, -0.2) is 36.2 Å². The summed E-state index contributed by atoms with van der Waals surface area (Å²) in [4.78, 5) is 0. The zero-order chi connectivity index (χ0) is 18.7. The van der Waals surface area contributed by atoms with Gasteiger partial charge in [0.15, 0.2) is 0 Å². The van der Waals surface area contributed by atoms with Crippen molar-refractivity contribution in [1.29, 1.82) is 0 Å². The van der Waals surface area contributed by atoms with Crippen LogP contribution in [0.25, 0.3) is 0 Å². The van der Waals surface area contributed by atoms with Crippen LogP contribution in [-0.2, 0) is 0 Å². The van der Waals surface area contributed by atoms with Gasteiger partial charge < -0.3 is 0 Å². The lowest BCUT2D eigenvalue weighted by Crippen LogP contribution is -2.44. The Labute approximate surface area is 170 Å². The lowest BCUT2D eigenvalue weighted by molar-refractivity contribution is 0.0342. The SMILES string of the molecule is C1=CC[C@@]23CCCC[C@@]2(C1)CN(N=NN1C[C@]24CC=CC[C@@]2(CCCC4)C1)C3. The number of rotatable bonds is 2. The molecule has 0 radical (unpaired) electrons. The largest absolute Gasteiger partial charge is 0.276 e. The summed E-state index contributed by atoms with van der Waals surface area (Å²) in [5.41, 5.74) is 1.92. The van der Waals surface area contributed by atoms with Gasteiger partial charge in [-0.25, -0.2) is 0 Å². The molecule has 0 aromatic rings. The van der Waals surface area contributed by atoms with Gasteiger partial charge in [-0.3, -0.25) is 10.0 Å². The molecule has 2 saturated carbocycles. The van der Waals surface area contributed by atoms with Gasteiger partial charge >= 0.3 is 0 Å². The van der Waals surface area contributed by atoms with Crippen LogP contribution >= 0.6 is 0 Å². The predicted octanol–water partition coefficient (Wildman–Crippen LogP) is 5.69. The van der Waals surface area contributed by atoms with Crippen LogP contribution in [0.15, 0.2) is 34.8 Å². The third-order valence-corrected chi connectivity index (χ3v) is 9.97. The van der Waals surface area contributed by atoms with Crippen LogP contribution in [0.4, 0.5) is 0 Å². The molecule has 4 heteroatoms. The second kappa shape index (κ2) is 6.09. The van der Waals surface area contributed by atoms with Gasteiger partial charge in [-0.15, -0.1) is 0 Å². The third-order valence-electron chi connectivity index (χ3n) is 9.97. The molecule has 0 spiro atoms. The average molecular weight is 381 g/mol. The summed E-state index contributed by atoms with van der Waals surface area (Å²) in [5, 5.41) is 14.5. The summed E-state index contributed by atoms with van der Waals surface area (Å²) in [7, 11) is 0. The Balaban J connectivity index is 1.20. The number of nitrogens with zero attached hydrogens (tertiary/aromatic N) is 4. The van der Waals surface area contributed by atoms with Gasteiger partial charge in [0, 0.05) is 47.8 Å². The van der Waals surface area contributed by atoms with Crippen molar-refractivity contribution in [2.24, 2.45) is 32.1 Å². The van der Waals surface area contributed by atoms with Gasteiger partial charge in [-0.2, -0.15) is 0 Å². The zero-order valence-corrected chi connectivity index (χ0v) is 17.4. The Kier molecular flexibility index (Phi) is 3.81. The van der Waals surface area contributed by atoms with E-state index in [1.807, 2.05) is 0 Å². The second-order valence-electron chi connectivity index (χ2n) is 11.1. The summed E-state index contributed by atoms with van der Waals surface area (Å²) in [5.74, 6) is 0. The van der Waals surface area contributed by atoms with Crippen molar-refractivity contribution in [1.82, 2.24) is 10.0 Å². The highest BCUT2D eigenvalue weighted by molar-refractivity contribution is 5.17. The van der Waals surface area contributed by atoms with Crippen LogP contribution < -0.4 is 0 Å². The van der Waals surface area contributed by atoms with E-state index in [0.29, 0.717) is 21.7 Å². The molecule has 4 atom stereocenters. The van der Waals surface area contributed by atoms with Gasteiger partial charge in [0.2, 0.25) is 0 Å². The predicted molar refractivity (Wildman–Crippen MR) is 111 cm³/mol. The van der Waals surface area contributed by atoms with Gasteiger partial charge in [0.25, 0.3) is 0 Å². The van der Waals surface area contributed by atoms with E-state index in [1.54, 1.807) is 0 Å². The third kappa shape index (κ3) is 2.29. The molecule has 0 amide bonds. The number of allylic oxidation sites excluding steroid dienone is 4. The molecule has 0 N–H and O–H groups in total. The molecule has 6 rings (SSSR count). The minimum Gasteiger partial charge on any atom is -0.276 e. The van der Waals surface area contributed by atoms with E-state index in [9.17, 15) is 0 Å². The fourth-order valence-electron chi connectivity index (χ4n) is 8.42. The summed E-state index contributed by atoms with van der Waals surface area (Å²) >= 11 is 0. The Bertz CT molecular complexity index is 616. The first-order valence-electron chi connectivity index (χ1n) is 11.9. The van der Waals surface area contributed by atoms with E-state index in [0.717, 1.165) is 26.2 Å². The smallest absolute Gasteiger partial charge is 0.0443 e. The Hall–Kier alpha value is -1.32.